The Morgan fingerprint density at radius 2 is 1.34 bits per heavy atom. The van der Waals surface area contributed by atoms with Gasteiger partial charge in [0.2, 0.25) is 5.91 Å². The second kappa shape index (κ2) is 17.9. The first-order valence-corrected chi connectivity index (χ1v) is 13.0. The molecule has 0 spiro atoms. The molecule has 0 aromatic rings. The Kier molecular flexibility index (Phi) is 15.9. The van der Waals surface area contributed by atoms with Crippen molar-refractivity contribution >= 4 is 17.8 Å². The van der Waals surface area contributed by atoms with E-state index in [-0.39, 0.29) is 18.7 Å². The molecule has 0 bridgehead atoms. The lowest BCUT2D eigenvalue weighted by Gasteiger charge is -2.16. The van der Waals surface area contributed by atoms with Gasteiger partial charge in [-0.15, -0.1) is 0 Å². The molecule has 6 heteroatoms. The van der Waals surface area contributed by atoms with E-state index in [1.165, 1.54) is 84.8 Å². The highest BCUT2D eigenvalue weighted by molar-refractivity contribution is 5.84. The predicted octanol–water partition coefficient (Wildman–Crippen LogP) is 5.71. The molecule has 0 saturated heterocycles. The summed E-state index contributed by atoms with van der Waals surface area (Å²) < 4.78 is 9.30. The van der Waals surface area contributed by atoms with Gasteiger partial charge in [0, 0.05) is 12.8 Å². The molecule has 3 atom stereocenters. The normalized spacial score (nSPS) is 18.1. The molecule has 32 heavy (non-hydrogen) atoms. The summed E-state index contributed by atoms with van der Waals surface area (Å²) in [6.45, 7) is 2.27. The number of esters is 2. The smallest absolute Gasteiger partial charge is 0.328 e. The Balaban J connectivity index is 1.99. The lowest BCUT2D eigenvalue weighted by atomic mass is 10.0. The Bertz CT molecular complexity index is 536. The zero-order chi connectivity index (χ0) is 23.6. The van der Waals surface area contributed by atoms with Gasteiger partial charge in [-0.1, -0.05) is 84.0 Å². The number of methoxy groups -OCH3 is 2. The zero-order valence-electron chi connectivity index (χ0n) is 20.8. The molecular weight excluding hydrogens is 406 g/mol. The molecule has 1 aliphatic rings. The van der Waals surface area contributed by atoms with Crippen molar-refractivity contribution in [3.8, 4) is 0 Å². The second-order valence-electron chi connectivity index (χ2n) is 9.38. The lowest BCUT2D eigenvalue weighted by molar-refractivity contribution is -0.146. The van der Waals surface area contributed by atoms with Crippen LogP contribution in [0, 0.1) is 11.8 Å². The quantitative estimate of drug-likeness (QED) is 0.188. The minimum Gasteiger partial charge on any atom is -0.469 e. The summed E-state index contributed by atoms with van der Waals surface area (Å²) in [6, 6.07) is -0.797. The van der Waals surface area contributed by atoms with Gasteiger partial charge in [0.15, 0.2) is 0 Å². The number of hydrogen-bond donors (Lipinski definition) is 1. The molecule has 186 valence electrons. The average molecular weight is 454 g/mol. The van der Waals surface area contributed by atoms with Gasteiger partial charge in [-0.05, 0) is 31.1 Å². The van der Waals surface area contributed by atoms with E-state index >= 15 is 0 Å². The van der Waals surface area contributed by atoms with Crippen LogP contribution < -0.4 is 5.32 Å². The van der Waals surface area contributed by atoms with Crippen molar-refractivity contribution in [2.45, 2.75) is 122 Å². The van der Waals surface area contributed by atoms with Gasteiger partial charge < -0.3 is 14.8 Å². The summed E-state index contributed by atoms with van der Waals surface area (Å²) in [5.74, 6) is 0.884. The maximum atomic E-state index is 12.1. The molecule has 1 N–H and O–H groups in total. The van der Waals surface area contributed by atoms with Crippen molar-refractivity contribution in [2.24, 2.45) is 11.8 Å². The van der Waals surface area contributed by atoms with Gasteiger partial charge in [-0.2, -0.15) is 0 Å². The number of carbonyl (C=O) groups is 3. The number of carbonyl (C=O) groups excluding carboxylic acids is 3. The molecule has 0 radical (unpaired) electrons. The first-order chi connectivity index (χ1) is 15.5. The third-order valence-electron chi connectivity index (χ3n) is 6.66. The molecule has 0 heterocycles. The topological polar surface area (TPSA) is 81.7 Å². The van der Waals surface area contributed by atoms with E-state index in [0.29, 0.717) is 6.42 Å². The van der Waals surface area contributed by atoms with Crippen molar-refractivity contribution in [3.05, 3.63) is 0 Å². The largest absolute Gasteiger partial charge is 0.469 e. The standard InChI is InChI=1S/C26H47NO5/c1-4-5-6-7-9-12-15-21-20-22(21)16-13-10-8-11-14-17-24(28)27-23(26(30)32-3)18-19-25(29)31-2/h21-23H,4-20H2,1-3H3,(H,27,28)/t21?,22?,23-/m0/s1. The van der Waals surface area contributed by atoms with Crippen LogP contribution in [0.15, 0.2) is 0 Å². The van der Waals surface area contributed by atoms with Crippen LogP contribution in [0.2, 0.25) is 0 Å². The second-order valence-corrected chi connectivity index (χ2v) is 9.38. The maximum absolute atomic E-state index is 12.1. The molecule has 1 aliphatic carbocycles. The van der Waals surface area contributed by atoms with Crippen LogP contribution in [0.5, 0.6) is 0 Å². The first-order valence-electron chi connectivity index (χ1n) is 13.0. The van der Waals surface area contributed by atoms with Crippen LogP contribution in [-0.2, 0) is 23.9 Å². The monoisotopic (exact) mass is 453 g/mol. The number of hydrogen-bond acceptors (Lipinski definition) is 5. The van der Waals surface area contributed by atoms with Crippen LogP contribution >= 0.6 is 0 Å². The highest BCUT2D eigenvalue weighted by atomic mass is 16.5. The molecule has 1 saturated carbocycles. The van der Waals surface area contributed by atoms with Gasteiger partial charge in [-0.3, -0.25) is 9.59 Å². The lowest BCUT2D eigenvalue weighted by Crippen LogP contribution is -2.41. The van der Waals surface area contributed by atoms with E-state index in [0.717, 1.165) is 31.1 Å². The van der Waals surface area contributed by atoms with E-state index in [2.05, 4.69) is 17.0 Å². The summed E-state index contributed by atoms with van der Waals surface area (Å²) >= 11 is 0. The number of nitrogens with one attached hydrogen (secondary N) is 1. The minimum absolute atomic E-state index is 0.0668. The van der Waals surface area contributed by atoms with Crippen LogP contribution in [0.4, 0.5) is 0 Å². The van der Waals surface area contributed by atoms with Crippen molar-refractivity contribution in [1.29, 1.82) is 0 Å². The highest BCUT2D eigenvalue weighted by Gasteiger charge is 2.35. The zero-order valence-corrected chi connectivity index (χ0v) is 20.8. The van der Waals surface area contributed by atoms with Crippen LogP contribution in [-0.4, -0.2) is 38.1 Å². The number of amides is 1. The third kappa shape index (κ3) is 13.7. The van der Waals surface area contributed by atoms with Crippen molar-refractivity contribution in [2.75, 3.05) is 14.2 Å². The summed E-state index contributed by atoms with van der Waals surface area (Å²) in [5.41, 5.74) is 0. The molecule has 1 fully saturated rings. The van der Waals surface area contributed by atoms with Gasteiger partial charge >= 0.3 is 11.9 Å². The molecule has 0 aromatic carbocycles. The van der Waals surface area contributed by atoms with E-state index in [1.54, 1.807) is 0 Å². The van der Waals surface area contributed by atoms with Gasteiger partial charge in [0.1, 0.15) is 6.04 Å². The Morgan fingerprint density at radius 1 is 0.781 bits per heavy atom. The van der Waals surface area contributed by atoms with Crippen molar-refractivity contribution < 1.29 is 23.9 Å². The van der Waals surface area contributed by atoms with Crippen molar-refractivity contribution in [3.63, 3.8) is 0 Å². The Morgan fingerprint density at radius 3 is 1.91 bits per heavy atom. The van der Waals surface area contributed by atoms with E-state index in [4.69, 9.17) is 4.74 Å². The van der Waals surface area contributed by atoms with E-state index < -0.39 is 18.0 Å². The highest BCUT2D eigenvalue weighted by Crippen LogP contribution is 2.45. The van der Waals surface area contributed by atoms with Gasteiger partial charge in [0.05, 0.1) is 14.2 Å². The third-order valence-corrected chi connectivity index (χ3v) is 6.66. The van der Waals surface area contributed by atoms with E-state index in [9.17, 15) is 14.4 Å². The summed E-state index contributed by atoms with van der Waals surface area (Å²) in [7, 11) is 2.58. The van der Waals surface area contributed by atoms with Gasteiger partial charge in [-0.25, -0.2) is 4.79 Å². The first kappa shape index (κ1) is 28.4. The fourth-order valence-corrected chi connectivity index (χ4v) is 4.45. The maximum Gasteiger partial charge on any atom is 0.328 e. The molecule has 6 nitrogen and oxygen atoms in total. The SMILES string of the molecule is CCCCCCCCC1CC1CCCCCCCC(=O)N[C@@H](CCC(=O)OC)C(=O)OC. The van der Waals surface area contributed by atoms with Crippen LogP contribution in [0.3, 0.4) is 0 Å². The number of rotatable bonds is 20. The fourth-order valence-electron chi connectivity index (χ4n) is 4.45. The Labute approximate surface area is 195 Å². The van der Waals surface area contributed by atoms with Crippen molar-refractivity contribution in [1.82, 2.24) is 5.32 Å². The molecule has 1 rings (SSSR count). The number of ether oxygens (including phenoxy) is 2. The molecule has 0 aromatic heterocycles. The summed E-state index contributed by atoms with van der Waals surface area (Å²) in [5, 5.41) is 2.69. The van der Waals surface area contributed by atoms with Crippen LogP contribution in [0.1, 0.15) is 116 Å². The fraction of sp³-hybridized carbons (Fsp3) is 0.885. The predicted molar refractivity (Wildman–Crippen MR) is 127 cm³/mol. The minimum atomic E-state index is -0.797. The van der Waals surface area contributed by atoms with E-state index in [1.807, 2.05) is 0 Å². The summed E-state index contributed by atoms with van der Waals surface area (Å²) in [6.07, 6.45) is 18.9. The van der Waals surface area contributed by atoms with Gasteiger partial charge in [0.25, 0.3) is 0 Å². The molecular formula is C26H47NO5. The molecule has 2 unspecified atom stereocenters. The molecule has 0 aliphatic heterocycles. The Hall–Kier alpha value is -1.59. The molecule has 1 amide bonds. The summed E-state index contributed by atoms with van der Waals surface area (Å²) in [4.78, 5) is 35.2. The number of unbranched alkanes of at least 4 members (excludes halogenated alkanes) is 9. The average Bonchev–Trinajstić information content (AvgIpc) is 3.55. The van der Waals surface area contributed by atoms with Crippen LogP contribution in [0.25, 0.3) is 0 Å².